The van der Waals surface area contributed by atoms with Crippen LogP contribution >= 0.6 is 0 Å². The highest BCUT2D eigenvalue weighted by Crippen LogP contribution is 2.36. The SMILES string of the molecule is CN(C)CCNC(=O)c1cccc(-c2ccc(CNc3nc4ccccc4n3[C@@H]3O[C@H](CO)[C@@H](O)[C@H]3O)cc2OCCCCO)c1. The fraction of sp³-hybridized carbons (Fsp3) is 0.412. The van der Waals surface area contributed by atoms with E-state index in [1.165, 1.54) is 0 Å². The topological polar surface area (TPSA) is 162 Å². The molecular formula is C34H43N5O7. The molecule has 1 aliphatic heterocycles. The minimum absolute atomic E-state index is 0.0850. The quantitative estimate of drug-likeness (QED) is 0.107. The van der Waals surface area contributed by atoms with Crippen LogP contribution in [0, 0.1) is 0 Å². The summed E-state index contributed by atoms with van der Waals surface area (Å²) in [5.41, 5.74) is 4.48. The van der Waals surface area contributed by atoms with E-state index < -0.39 is 31.1 Å². The fourth-order valence-electron chi connectivity index (χ4n) is 5.45. The van der Waals surface area contributed by atoms with E-state index in [-0.39, 0.29) is 12.5 Å². The molecule has 5 rings (SSSR count). The summed E-state index contributed by atoms with van der Waals surface area (Å²) in [4.78, 5) is 19.5. The van der Waals surface area contributed by atoms with E-state index in [0.717, 1.165) is 23.2 Å². The van der Waals surface area contributed by atoms with Crippen LogP contribution in [0.25, 0.3) is 22.2 Å². The summed E-state index contributed by atoms with van der Waals surface area (Å²) >= 11 is 0. The molecule has 246 valence electrons. The van der Waals surface area contributed by atoms with Crippen LogP contribution in [0.5, 0.6) is 5.75 Å². The van der Waals surface area contributed by atoms with Crippen molar-refractivity contribution in [2.75, 3.05) is 52.3 Å². The van der Waals surface area contributed by atoms with Crippen LogP contribution < -0.4 is 15.4 Å². The molecule has 46 heavy (non-hydrogen) atoms. The molecule has 0 bridgehead atoms. The number of fused-ring (bicyclic) bond motifs is 1. The van der Waals surface area contributed by atoms with Gasteiger partial charge in [0.15, 0.2) is 6.23 Å². The van der Waals surface area contributed by atoms with Crippen LogP contribution in [0.4, 0.5) is 5.95 Å². The summed E-state index contributed by atoms with van der Waals surface area (Å²) in [6.45, 7) is 1.70. The van der Waals surface area contributed by atoms with Gasteiger partial charge in [-0.1, -0.05) is 36.4 Å². The number of aromatic nitrogens is 2. The molecule has 1 saturated heterocycles. The number of para-hydroxylation sites is 2. The third kappa shape index (κ3) is 7.66. The molecular weight excluding hydrogens is 590 g/mol. The Labute approximate surface area is 268 Å². The number of hydrogen-bond donors (Lipinski definition) is 6. The number of nitrogens with one attached hydrogen (secondary N) is 2. The number of benzene rings is 3. The predicted molar refractivity (Wildman–Crippen MR) is 175 cm³/mol. The molecule has 1 fully saturated rings. The maximum absolute atomic E-state index is 12.8. The van der Waals surface area contributed by atoms with Crippen molar-refractivity contribution in [3.63, 3.8) is 0 Å². The smallest absolute Gasteiger partial charge is 0.251 e. The predicted octanol–water partition coefficient (Wildman–Crippen LogP) is 2.37. The Kier molecular flexibility index (Phi) is 11.2. The average molecular weight is 634 g/mol. The van der Waals surface area contributed by atoms with Crippen LogP contribution in [0.15, 0.2) is 66.7 Å². The van der Waals surface area contributed by atoms with Crippen LogP contribution in [0.3, 0.4) is 0 Å². The van der Waals surface area contributed by atoms with E-state index in [0.29, 0.717) is 60.8 Å². The van der Waals surface area contributed by atoms with Gasteiger partial charge < -0.3 is 45.4 Å². The number of amides is 1. The fourth-order valence-corrected chi connectivity index (χ4v) is 5.45. The standard InChI is InChI=1S/C34H43N5O7/c1-38(2)15-14-35-32(44)24-9-7-8-23(19-24)25-13-12-22(18-28(25)45-17-6-5-16-40)20-36-34-37-26-10-3-4-11-27(26)39(34)33-31(43)30(42)29(21-41)46-33/h3-4,7-13,18-19,29-31,33,40-43H,5-6,14-17,20-21H2,1-2H3,(H,35,44)(H,36,37)/t29-,30-,31-,33-/m1/s1. The number of rotatable bonds is 15. The van der Waals surface area contributed by atoms with Crippen LogP contribution in [0.2, 0.25) is 0 Å². The van der Waals surface area contributed by atoms with E-state index in [1.807, 2.05) is 79.7 Å². The highest BCUT2D eigenvalue weighted by Gasteiger charge is 2.44. The molecule has 12 nitrogen and oxygen atoms in total. The lowest BCUT2D eigenvalue weighted by Gasteiger charge is -2.20. The second-order valence-electron chi connectivity index (χ2n) is 11.6. The number of nitrogens with zero attached hydrogens (tertiary/aromatic N) is 3. The Balaban J connectivity index is 1.40. The largest absolute Gasteiger partial charge is 0.493 e. The summed E-state index contributed by atoms with van der Waals surface area (Å²) in [6, 6.07) is 20.7. The van der Waals surface area contributed by atoms with E-state index >= 15 is 0 Å². The number of aliphatic hydroxyl groups excluding tert-OH is 4. The van der Waals surface area contributed by atoms with Crippen molar-refractivity contribution in [1.82, 2.24) is 19.8 Å². The lowest BCUT2D eigenvalue weighted by Crippen LogP contribution is -2.33. The first-order chi connectivity index (χ1) is 22.3. The van der Waals surface area contributed by atoms with Crippen molar-refractivity contribution >= 4 is 22.9 Å². The maximum atomic E-state index is 12.8. The number of carbonyl (C=O) groups excluding carboxylic acids is 1. The Morgan fingerprint density at radius 3 is 2.61 bits per heavy atom. The molecule has 6 N–H and O–H groups in total. The van der Waals surface area contributed by atoms with Crippen molar-refractivity contribution < 1.29 is 34.7 Å². The first-order valence-corrected chi connectivity index (χ1v) is 15.5. The normalized spacial score (nSPS) is 19.5. The summed E-state index contributed by atoms with van der Waals surface area (Å²) in [5.74, 6) is 0.921. The molecule has 4 aromatic rings. The molecule has 0 unspecified atom stereocenters. The monoisotopic (exact) mass is 633 g/mol. The number of hydrogen-bond acceptors (Lipinski definition) is 10. The molecule has 12 heteroatoms. The first kappa shape index (κ1) is 33.3. The summed E-state index contributed by atoms with van der Waals surface area (Å²) < 4.78 is 13.8. The Morgan fingerprint density at radius 2 is 1.85 bits per heavy atom. The Hall–Kier alpha value is -4.04. The van der Waals surface area contributed by atoms with Gasteiger partial charge in [0.1, 0.15) is 24.1 Å². The molecule has 3 aromatic carbocycles. The zero-order chi connectivity index (χ0) is 32.6. The number of aliphatic hydroxyl groups is 4. The van der Waals surface area contributed by atoms with Crippen LogP contribution in [-0.4, -0.2) is 106 Å². The van der Waals surface area contributed by atoms with Gasteiger partial charge in [0.2, 0.25) is 5.95 Å². The van der Waals surface area contributed by atoms with Crippen molar-refractivity contribution in [2.24, 2.45) is 0 Å². The summed E-state index contributed by atoms with van der Waals surface area (Å²) in [5, 5.41) is 46.4. The number of anilines is 1. The average Bonchev–Trinajstić information content (AvgIpc) is 3.57. The van der Waals surface area contributed by atoms with Crippen molar-refractivity contribution in [2.45, 2.75) is 43.9 Å². The molecule has 1 aromatic heterocycles. The molecule has 0 saturated carbocycles. The van der Waals surface area contributed by atoms with Gasteiger partial charge in [-0.3, -0.25) is 9.36 Å². The first-order valence-electron chi connectivity index (χ1n) is 15.5. The van der Waals surface area contributed by atoms with Gasteiger partial charge in [-0.05, 0) is 68.4 Å². The number of likely N-dealkylation sites (N-methyl/N-ethyl adjacent to an activating group) is 1. The van der Waals surface area contributed by atoms with Gasteiger partial charge >= 0.3 is 0 Å². The summed E-state index contributed by atoms with van der Waals surface area (Å²) in [6.07, 6.45) is -3.08. The van der Waals surface area contributed by atoms with Crippen LogP contribution in [0.1, 0.15) is 35.0 Å². The van der Waals surface area contributed by atoms with Crippen molar-refractivity contribution in [3.05, 3.63) is 77.9 Å². The highest BCUT2D eigenvalue weighted by molar-refractivity contribution is 5.95. The Bertz CT molecular complexity index is 1610. The van der Waals surface area contributed by atoms with E-state index in [9.17, 15) is 25.2 Å². The van der Waals surface area contributed by atoms with Gasteiger partial charge in [-0.15, -0.1) is 0 Å². The Morgan fingerprint density at radius 1 is 1.02 bits per heavy atom. The molecule has 0 spiro atoms. The zero-order valence-electron chi connectivity index (χ0n) is 26.2. The van der Waals surface area contributed by atoms with Gasteiger partial charge in [-0.2, -0.15) is 0 Å². The molecule has 0 radical (unpaired) electrons. The highest BCUT2D eigenvalue weighted by atomic mass is 16.6. The van der Waals surface area contributed by atoms with Crippen LogP contribution in [-0.2, 0) is 11.3 Å². The molecule has 4 atom stereocenters. The third-order valence-electron chi connectivity index (χ3n) is 7.95. The molecule has 1 aliphatic rings. The number of carbonyl (C=O) groups is 1. The van der Waals surface area contributed by atoms with Gasteiger partial charge in [0, 0.05) is 37.4 Å². The second-order valence-corrected chi connectivity index (χ2v) is 11.6. The minimum atomic E-state index is -1.26. The van der Waals surface area contributed by atoms with Crippen molar-refractivity contribution in [3.8, 4) is 16.9 Å². The van der Waals surface area contributed by atoms with E-state index in [1.54, 1.807) is 10.6 Å². The minimum Gasteiger partial charge on any atom is -0.493 e. The van der Waals surface area contributed by atoms with E-state index in [2.05, 4.69) is 10.6 Å². The molecule has 1 amide bonds. The van der Waals surface area contributed by atoms with Gasteiger partial charge in [0.05, 0.1) is 24.2 Å². The zero-order valence-corrected chi connectivity index (χ0v) is 26.2. The number of imidazole rings is 1. The molecule has 2 heterocycles. The molecule has 0 aliphatic carbocycles. The van der Waals surface area contributed by atoms with Crippen molar-refractivity contribution in [1.29, 1.82) is 0 Å². The maximum Gasteiger partial charge on any atom is 0.251 e. The number of unbranched alkanes of at least 4 members (excludes halogenated alkanes) is 1. The lowest BCUT2D eigenvalue weighted by molar-refractivity contribution is -0.0499. The van der Waals surface area contributed by atoms with Gasteiger partial charge in [-0.25, -0.2) is 4.98 Å². The lowest BCUT2D eigenvalue weighted by atomic mass is 10.00. The van der Waals surface area contributed by atoms with E-state index in [4.69, 9.17) is 14.5 Å². The second kappa shape index (κ2) is 15.5. The number of ether oxygens (including phenoxy) is 2. The van der Waals surface area contributed by atoms with Gasteiger partial charge in [0.25, 0.3) is 5.91 Å². The third-order valence-corrected chi connectivity index (χ3v) is 7.95. The summed E-state index contributed by atoms with van der Waals surface area (Å²) in [7, 11) is 3.91.